The first-order valence-corrected chi connectivity index (χ1v) is 6.21. The molecule has 3 rings (SSSR count). The van der Waals surface area contributed by atoms with Crippen molar-refractivity contribution in [3.05, 3.63) is 47.8 Å². The highest BCUT2D eigenvalue weighted by molar-refractivity contribution is 6.09. The van der Waals surface area contributed by atoms with Crippen LogP contribution in [0.3, 0.4) is 0 Å². The van der Waals surface area contributed by atoms with Gasteiger partial charge >= 0.3 is 0 Å². The molecule has 0 N–H and O–H groups in total. The van der Waals surface area contributed by atoms with Crippen molar-refractivity contribution in [2.45, 2.75) is 6.54 Å². The first kappa shape index (κ1) is 12.5. The molecule has 2 heterocycles. The normalized spacial score (nSPS) is 13.3. The van der Waals surface area contributed by atoms with Gasteiger partial charge < -0.3 is 14.4 Å². The summed E-state index contributed by atoms with van der Waals surface area (Å²) in [5.41, 5.74) is 2.42. The number of aromatic nitrogens is 1. The third kappa shape index (κ3) is 1.87. The summed E-state index contributed by atoms with van der Waals surface area (Å²) in [5, 5.41) is 0. The number of amides is 1. The summed E-state index contributed by atoms with van der Waals surface area (Å²) in [6.07, 6.45) is 3.31. The molecule has 1 aromatic heterocycles. The van der Waals surface area contributed by atoms with E-state index in [1.807, 2.05) is 12.1 Å². The number of carbonyl (C=O) groups excluding carboxylic acids is 1. The molecule has 0 spiro atoms. The number of anilines is 1. The minimum Gasteiger partial charge on any atom is -0.493 e. The standard InChI is InChI=1S/C15H14N2O3/c1-19-13-4-3-11(7-14(13)20-2)17-9-10-5-6-16-8-12(10)15(17)18/h3-8H,9H2,1-2H3. The summed E-state index contributed by atoms with van der Waals surface area (Å²) in [4.78, 5) is 18.1. The number of carbonyl (C=O) groups is 1. The van der Waals surface area contributed by atoms with E-state index in [9.17, 15) is 4.79 Å². The lowest BCUT2D eigenvalue weighted by molar-refractivity contribution is 0.0996. The van der Waals surface area contributed by atoms with Gasteiger partial charge in [0.2, 0.25) is 0 Å². The van der Waals surface area contributed by atoms with Crippen LogP contribution in [0.15, 0.2) is 36.7 Å². The Balaban J connectivity index is 1.98. The molecular formula is C15H14N2O3. The molecule has 0 unspecified atom stereocenters. The van der Waals surface area contributed by atoms with Gasteiger partial charge in [0.1, 0.15) is 0 Å². The lowest BCUT2D eigenvalue weighted by Gasteiger charge is -2.17. The Labute approximate surface area is 116 Å². The zero-order valence-corrected chi connectivity index (χ0v) is 11.3. The topological polar surface area (TPSA) is 51.7 Å². The number of nitrogens with zero attached hydrogens (tertiary/aromatic N) is 2. The Hall–Kier alpha value is -2.56. The molecule has 2 aromatic rings. The van der Waals surface area contributed by atoms with Gasteiger partial charge in [-0.2, -0.15) is 0 Å². The Morgan fingerprint density at radius 3 is 2.65 bits per heavy atom. The van der Waals surface area contributed by atoms with E-state index in [0.29, 0.717) is 23.6 Å². The van der Waals surface area contributed by atoms with Crippen molar-refractivity contribution in [1.82, 2.24) is 4.98 Å². The van der Waals surface area contributed by atoms with Gasteiger partial charge in [-0.25, -0.2) is 0 Å². The van der Waals surface area contributed by atoms with Crippen LogP contribution >= 0.6 is 0 Å². The monoisotopic (exact) mass is 270 g/mol. The first-order valence-electron chi connectivity index (χ1n) is 6.21. The molecule has 1 amide bonds. The van der Waals surface area contributed by atoms with Gasteiger partial charge in [0.05, 0.1) is 26.3 Å². The van der Waals surface area contributed by atoms with Crippen LogP contribution in [-0.2, 0) is 6.54 Å². The summed E-state index contributed by atoms with van der Waals surface area (Å²) in [5.74, 6) is 1.20. The molecule has 0 saturated carbocycles. The van der Waals surface area contributed by atoms with Crippen molar-refractivity contribution >= 4 is 11.6 Å². The maximum atomic E-state index is 12.4. The second-order valence-corrected chi connectivity index (χ2v) is 4.46. The lowest BCUT2D eigenvalue weighted by atomic mass is 10.2. The minimum absolute atomic E-state index is 0.0414. The minimum atomic E-state index is -0.0414. The maximum Gasteiger partial charge on any atom is 0.260 e. The predicted octanol–water partition coefficient (Wildman–Crippen LogP) is 2.26. The highest BCUT2D eigenvalue weighted by Crippen LogP contribution is 2.34. The summed E-state index contributed by atoms with van der Waals surface area (Å²) in [7, 11) is 3.16. The largest absolute Gasteiger partial charge is 0.493 e. The maximum absolute atomic E-state index is 12.4. The van der Waals surface area contributed by atoms with Gasteiger partial charge in [0, 0.05) is 24.1 Å². The third-order valence-corrected chi connectivity index (χ3v) is 3.39. The van der Waals surface area contributed by atoms with Crippen molar-refractivity contribution < 1.29 is 14.3 Å². The second kappa shape index (κ2) is 4.85. The number of pyridine rings is 1. The van der Waals surface area contributed by atoms with E-state index in [0.717, 1.165) is 11.3 Å². The van der Waals surface area contributed by atoms with E-state index in [1.165, 1.54) is 0 Å². The van der Waals surface area contributed by atoms with E-state index in [-0.39, 0.29) is 5.91 Å². The Bertz CT molecular complexity index is 670. The van der Waals surface area contributed by atoms with Crippen LogP contribution in [0.4, 0.5) is 5.69 Å². The van der Waals surface area contributed by atoms with Crippen LogP contribution in [-0.4, -0.2) is 25.1 Å². The smallest absolute Gasteiger partial charge is 0.260 e. The molecule has 5 nitrogen and oxygen atoms in total. The Kier molecular flexibility index (Phi) is 3.02. The fourth-order valence-corrected chi connectivity index (χ4v) is 2.34. The van der Waals surface area contributed by atoms with Crippen LogP contribution in [0.1, 0.15) is 15.9 Å². The van der Waals surface area contributed by atoms with E-state index in [1.54, 1.807) is 43.6 Å². The van der Waals surface area contributed by atoms with Crippen molar-refractivity contribution in [2.75, 3.05) is 19.1 Å². The molecular weight excluding hydrogens is 256 g/mol. The number of hydrogen-bond acceptors (Lipinski definition) is 4. The fraction of sp³-hybridized carbons (Fsp3) is 0.200. The van der Waals surface area contributed by atoms with Gasteiger partial charge in [-0.05, 0) is 23.8 Å². The van der Waals surface area contributed by atoms with Crippen molar-refractivity contribution in [1.29, 1.82) is 0 Å². The molecule has 0 fully saturated rings. The van der Waals surface area contributed by atoms with Gasteiger partial charge in [0.15, 0.2) is 11.5 Å². The number of hydrogen-bond donors (Lipinski definition) is 0. The molecule has 0 saturated heterocycles. The van der Waals surface area contributed by atoms with Crippen LogP contribution in [0.25, 0.3) is 0 Å². The number of fused-ring (bicyclic) bond motifs is 1. The molecule has 20 heavy (non-hydrogen) atoms. The highest BCUT2D eigenvalue weighted by Gasteiger charge is 2.28. The molecule has 0 bridgehead atoms. The number of ether oxygens (including phenoxy) is 2. The third-order valence-electron chi connectivity index (χ3n) is 3.39. The zero-order chi connectivity index (χ0) is 14.1. The fourth-order valence-electron chi connectivity index (χ4n) is 2.34. The van der Waals surface area contributed by atoms with E-state index in [2.05, 4.69) is 4.98 Å². The van der Waals surface area contributed by atoms with Crippen molar-refractivity contribution in [3.63, 3.8) is 0 Å². The average molecular weight is 270 g/mol. The van der Waals surface area contributed by atoms with E-state index in [4.69, 9.17) is 9.47 Å². The molecule has 0 aliphatic carbocycles. The SMILES string of the molecule is COc1ccc(N2Cc3ccncc3C2=O)cc1OC. The molecule has 1 aliphatic heterocycles. The molecule has 102 valence electrons. The highest BCUT2D eigenvalue weighted by atomic mass is 16.5. The Morgan fingerprint density at radius 1 is 1.15 bits per heavy atom. The first-order chi connectivity index (χ1) is 9.74. The van der Waals surface area contributed by atoms with Crippen LogP contribution < -0.4 is 14.4 Å². The molecule has 0 atom stereocenters. The van der Waals surface area contributed by atoms with Gasteiger partial charge in [-0.3, -0.25) is 9.78 Å². The number of rotatable bonds is 3. The van der Waals surface area contributed by atoms with Crippen LogP contribution in [0, 0.1) is 0 Å². The summed E-state index contributed by atoms with van der Waals surface area (Å²) >= 11 is 0. The van der Waals surface area contributed by atoms with Crippen molar-refractivity contribution in [2.24, 2.45) is 0 Å². The zero-order valence-electron chi connectivity index (χ0n) is 11.3. The number of benzene rings is 1. The lowest BCUT2D eigenvalue weighted by Crippen LogP contribution is -2.23. The van der Waals surface area contributed by atoms with Gasteiger partial charge in [-0.15, -0.1) is 0 Å². The average Bonchev–Trinajstić information content (AvgIpc) is 2.84. The van der Waals surface area contributed by atoms with Gasteiger partial charge in [0.25, 0.3) is 5.91 Å². The molecule has 0 radical (unpaired) electrons. The summed E-state index contributed by atoms with van der Waals surface area (Å²) in [6, 6.07) is 7.31. The predicted molar refractivity (Wildman–Crippen MR) is 74.3 cm³/mol. The number of methoxy groups -OCH3 is 2. The summed E-state index contributed by atoms with van der Waals surface area (Å²) < 4.78 is 10.5. The molecule has 1 aliphatic rings. The van der Waals surface area contributed by atoms with Gasteiger partial charge in [-0.1, -0.05) is 0 Å². The Morgan fingerprint density at radius 2 is 1.95 bits per heavy atom. The van der Waals surface area contributed by atoms with Crippen LogP contribution in [0.5, 0.6) is 11.5 Å². The van der Waals surface area contributed by atoms with Crippen molar-refractivity contribution in [3.8, 4) is 11.5 Å². The molecule has 5 heteroatoms. The van der Waals surface area contributed by atoms with E-state index < -0.39 is 0 Å². The summed E-state index contributed by atoms with van der Waals surface area (Å²) in [6.45, 7) is 0.548. The van der Waals surface area contributed by atoms with E-state index >= 15 is 0 Å². The second-order valence-electron chi connectivity index (χ2n) is 4.46. The quantitative estimate of drug-likeness (QED) is 0.858. The molecule has 1 aromatic carbocycles. The van der Waals surface area contributed by atoms with Crippen LogP contribution in [0.2, 0.25) is 0 Å².